The highest BCUT2D eigenvalue weighted by molar-refractivity contribution is 4.72. The van der Waals surface area contributed by atoms with Crippen molar-refractivity contribution in [3.8, 4) is 0 Å². The fourth-order valence-electron chi connectivity index (χ4n) is 1.27. The molecule has 0 spiro atoms. The lowest BCUT2D eigenvalue weighted by Gasteiger charge is -2.25. The number of aliphatic hydroxyl groups excluding tert-OH is 1. The molecule has 0 aliphatic heterocycles. The topological polar surface area (TPSA) is 35.5 Å². The maximum Gasteiger partial charge on any atom is 0.0443 e. The van der Waals surface area contributed by atoms with Gasteiger partial charge in [-0.3, -0.25) is 0 Å². The van der Waals surface area contributed by atoms with Gasteiger partial charge in [-0.2, -0.15) is 0 Å². The summed E-state index contributed by atoms with van der Waals surface area (Å²) in [6.07, 6.45) is 0.844. The van der Waals surface area contributed by atoms with Gasteiger partial charge in [-0.05, 0) is 33.0 Å². The van der Waals surface area contributed by atoms with Crippen LogP contribution in [0.15, 0.2) is 0 Å². The molecule has 3 heteroatoms. The van der Waals surface area contributed by atoms with Gasteiger partial charge >= 0.3 is 0 Å². The molecule has 0 amide bonds. The highest BCUT2D eigenvalue weighted by atomic mass is 16.3. The minimum atomic E-state index is 0.278. The SMILES string of the molecule is CC(C)C(CN(C)C)NCCCO. The standard InChI is InChI=1S/C10H24N2O/c1-9(2)10(8-12(3)4)11-6-5-7-13/h9-11,13H,5-8H2,1-4H3. The van der Waals surface area contributed by atoms with E-state index in [1.807, 2.05) is 0 Å². The Kier molecular flexibility index (Phi) is 7.23. The van der Waals surface area contributed by atoms with Gasteiger partial charge < -0.3 is 15.3 Å². The molecule has 0 fully saturated rings. The summed E-state index contributed by atoms with van der Waals surface area (Å²) < 4.78 is 0. The Morgan fingerprint density at radius 2 is 1.92 bits per heavy atom. The number of nitrogens with one attached hydrogen (secondary N) is 1. The van der Waals surface area contributed by atoms with Crippen molar-refractivity contribution in [1.82, 2.24) is 10.2 Å². The molecule has 13 heavy (non-hydrogen) atoms. The number of likely N-dealkylation sites (N-methyl/N-ethyl adjacent to an activating group) is 1. The van der Waals surface area contributed by atoms with Crippen molar-refractivity contribution in [2.75, 3.05) is 33.8 Å². The van der Waals surface area contributed by atoms with Crippen LogP contribution in [-0.2, 0) is 0 Å². The van der Waals surface area contributed by atoms with Crippen molar-refractivity contribution in [1.29, 1.82) is 0 Å². The predicted molar refractivity (Wildman–Crippen MR) is 56.9 cm³/mol. The van der Waals surface area contributed by atoms with Crippen LogP contribution in [0.2, 0.25) is 0 Å². The molecule has 0 aromatic carbocycles. The van der Waals surface area contributed by atoms with E-state index < -0.39 is 0 Å². The zero-order valence-electron chi connectivity index (χ0n) is 9.38. The van der Waals surface area contributed by atoms with Gasteiger partial charge in [-0.1, -0.05) is 13.8 Å². The molecule has 0 radical (unpaired) electrons. The van der Waals surface area contributed by atoms with E-state index in [2.05, 4.69) is 38.2 Å². The number of aliphatic hydroxyl groups is 1. The van der Waals surface area contributed by atoms with Crippen molar-refractivity contribution in [2.24, 2.45) is 5.92 Å². The van der Waals surface area contributed by atoms with Crippen molar-refractivity contribution < 1.29 is 5.11 Å². The number of hydrogen-bond donors (Lipinski definition) is 2. The summed E-state index contributed by atoms with van der Waals surface area (Å²) in [5.41, 5.74) is 0. The number of rotatable bonds is 7. The third kappa shape index (κ3) is 6.99. The van der Waals surface area contributed by atoms with Gasteiger partial charge in [0, 0.05) is 19.2 Å². The molecule has 1 atom stereocenters. The van der Waals surface area contributed by atoms with E-state index in [4.69, 9.17) is 5.11 Å². The van der Waals surface area contributed by atoms with Crippen LogP contribution in [0.3, 0.4) is 0 Å². The average molecular weight is 188 g/mol. The molecule has 0 bridgehead atoms. The highest BCUT2D eigenvalue weighted by Gasteiger charge is 2.12. The highest BCUT2D eigenvalue weighted by Crippen LogP contribution is 2.02. The van der Waals surface area contributed by atoms with Gasteiger partial charge in [-0.25, -0.2) is 0 Å². The van der Waals surface area contributed by atoms with Crippen LogP contribution in [0.5, 0.6) is 0 Å². The van der Waals surface area contributed by atoms with Crippen LogP contribution in [-0.4, -0.2) is 49.8 Å². The molecule has 0 saturated carbocycles. The van der Waals surface area contributed by atoms with Gasteiger partial charge in [0.2, 0.25) is 0 Å². The third-order valence-electron chi connectivity index (χ3n) is 2.11. The zero-order chi connectivity index (χ0) is 10.3. The Morgan fingerprint density at radius 1 is 1.31 bits per heavy atom. The van der Waals surface area contributed by atoms with Crippen LogP contribution in [0.4, 0.5) is 0 Å². The van der Waals surface area contributed by atoms with E-state index in [9.17, 15) is 0 Å². The van der Waals surface area contributed by atoms with Crippen LogP contribution in [0, 0.1) is 5.92 Å². The summed E-state index contributed by atoms with van der Waals surface area (Å²) in [5.74, 6) is 0.640. The molecular formula is C10H24N2O. The first-order valence-electron chi connectivity index (χ1n) is 5.07. The largest absolute Gasteiger partial charge is 0.396 e. The minimum absolute atomic E-state index is 0.278. The summed E-state index contributed by atoms with van der Waals surface area (Å²) in [6.45, 7) is 6.69. The van der Waals surface area contributed by atoms with E-state index in [0.29, 0.717) is 12.0 Å². The molecule has 1 unspecified atom stereocenters. The molecule has 80 valence electrons. The molecule has 3 nitrogen and oxygen atoms in total. The van der Waals surface area contributed by atoms with Crippen molar-refractivity contribution >= 4 is 0 Å². The molecular weight excluding hydrogens is 164 g/mol. The second kappa shape index (κ2) is 7.30. The fraction of sp³-hybridized carbons (Fsp3) is 1.00. The minimum Gasteiger partial charge on any atom is -0.396 e. The first-order valence-corrected chi connectivity index (χ1v) is 5.07. The van der Waals surface area contributed by atoms with Gasteiger partial charge in [-0.15, -0.1) is 0 Å². The average Bonchev–Trinajstić information content (AvgIpc) is 2.02. The smallest absolute Gasteiger partial charge is 0.0443 e. The van der Waals surface area contributed by atoms with Crippen LogP contribution < -0.4 is 5.32 Å². The maximum atomic E-state index is 8.65. The van der Waals surface area contributed by atoms with E-state index in [0.717, 1.165) is 19.5 Å². The number of hydrogen-bond acceptors (Lipinski definition) is 3. The lowest BCUT2D eigenvalue weighted by Crippen LogP contribution is -2.42. The summed E-state index contributed by atoms with van der Waals surface area (Å²) in [5, 5.41) is 12.1. The summed E-state index contributed by atoms with van der Waals surface area (Å²) >= 11 is 0. The number of nitrogens with zero attached hydrogens (tertiary/aromatic N) is 1. The quantitative estimate of drug-likeness (QED) is 0.573. The van der Waals surface area contributed by atoms with Gasteiger partial charge in [0.05, 0.1) is 0 Å². The maximum absolute atomic E-state index is 8.65. The second-order valence-electron chi connectivity index (χ2n) is 4.14. The predicted octanol–water partition coefficient (Wildman–Crippen LogP) is 0.545. The van der Waals surface area contributed by atoms with Gasteiger partial charge in [0.25, 0.3) is 0 Å². The van der Waals surface area contributed by atoms with Crippen LogP contribution >= 0.6 is 0 Å². The van der Waals surface area contributed by atoms with E-state index in [-0.39, 0.29) is 6.61 Å². The second-order valence-corrected chi connectivity index (χ2v) is 4.14. The Hall–Kier alpha value is -0.120. The molecule has 0 aliphatic rings. The molecule has 0 saturated heterocycles. The van der Waals surface area contributed by atoms with Crippen molar-refractivity contribution in [3.05, 3.63) is 0 Å². The molecule has 0 heterocycles. The molecule has 0 aromatic rings. The lowest BCUT2D eigenvalue weighted by atomic mass is 10.0. The zero-order valence-corrected chi connectivity index (χ0v) is 9.38. The van der Waals surface area contributed by atoms with E-state index in [1.54, 1.807) is 0 Å². The van der Waals surface area contributed by atoms with Crippen molar-refractivity contribution in [2.45, 2.75) is 26.3 Å². The van der Waals surface area contributed by atoms with E-state index in [1.165, 1.54) is 0 Å². The molecule has 2 N–H and O–H groups in total. The Morgan fingerprint density at radius 3 is 2.31 bits per heavy atom. The Bertz CT molecular complexity index is 115. The first kappa shape index (κ1) is 12.9. The normalized spacial score (nSPS) is 14.1. The van der Waals surface area contributed by atoms with Crippen LogP contribution in [0.25, 0.3) is 0 Å². The Balaban J connectivity index is 3.67. The molecule has 0 aromatic heterocycles. The monoisotopic (exact) mass is 188 g/mol. The molecule has 0 aliphatic carbocycles. The van der Waals surface area contributed by atoms with Crippen LogP contribution in [0.1, 0.15) is 20.3 Å². The summed E-state index contributed by atoms with van der Waals surface area (Å²) in [6, 6.07) is 0.529. The fourth-order valence-corrected chi connectivity index (χ4v) is 1.27. The Labute approximate surface area is 82.1 Å². The van der Waals surface area contributed by atoms with Crippen molar-refractivity contribution in [3.63, 3.8) is 0 Å². The molecule has 0 rings (SSSR count). The summed E-state index contributed by atoms with van der Waals surface area (Å²) in [4.78, 5) is 2.19. The third-order valence-corrected chi connectivity index (χ3v) is 2.11. The first-order chi connectivity index (χ1) is 6.07. The summed E-state index contributed by atoms with van der Waals surface area (Å²) in [7, 11) is 4.17. The van der Waals surface area contributed by atoms with E-state index >= 15 is 0 Å². The van der Waals surface area contributed by atoms with Gasteiger partial charge in [0.1, 0.15) is 0 Å². The van der Waals surface area contributed by atoms with Gasteiger partial charge in [0.15, 0.2) is 0 Å². The lowest BCUT2D eigenvalue weighted by molar-refractivity contribution is 0.260.